The molecule has 4 rings (SSSR count). The van der Waals surface area contributed by atoms with E-state index in [1.165, 1.54) is 18.4 Å². The number of piperidine rings is 1. The van der Waals surface area contributed by atoms with Crippen molar-refractivity contribution in [3.8, 4) is 0 Å². The maximum absolute atomic E-state index is 4.83. The first-order valence-corrected chi connectivity index (χ1v) is 8.93. The molecule has 0 bridgehead atoms. The van der Waals surface area contributed by atoms with E-state index < -0.39 is 0 Å². The van der Waals surface area contributed by atoms with E-state index in [1.54, 1.807) is 0 Å². The molecule has 3 aromatic rings. The molecule has 0 saturated carbocycles. The van der Waals surface area contributed by atoms with E-state index >= 15 is 0 Å². The molecule has 2 aromatic heterocycles. The highest BCUT2D eigenvalue weighted by Crippen LogP contribution is 2.26. The third-order valence-electron chi connectivity index (χ3n) is 4.95. The van der Waals surface area contributed by atoms with Gasteiger partial charge < -0.3 is 10.2 Å². The fourth-order valence-corrected chi connectivity index (χ4v) is 3.28. The highest BCUT2D eigenvalue weighted by atomic mass is 15.3. The number of fused-ring (bicyclic) bond motifs is 1. The van der Waals surface area contributed by atoms with Gasteiger partial charge in [-0.3, -0.25) is 4.68 Å². The molecule has 0 amide bonds. The van der Waals surface area contributed by atoms with Crippen LogP contribution in [0.3, 0.4) is 0 Å². The average Bonchev–Trinajstić information content (AvgIpc) is 3.02. The number of hydrogen-bond donors (Lipinski definition) is 1. The van der Waals surface area contributed by atoms with E-state index in [1.807, 2.05) is 24.0 Å². The first-order chi connectivity index (χ1) is 12.2. The lowest BCUT2D eigenvalue weighted by Crippen LogP contribution is -2.34. The fourth-order valence-electron chi connectivity index (χ4n) is 3.28. The monoisotopic (exact) mass is 336 g/mol. The summed E-state index contributed by atoms with van der Waals surface area (Å²) >= 11 is 0. The zero-order chi connectivity index (χ0) is 17.2. The van der Waals surface area contributed by atoms with Crippen LogP contribution in [0.5, 0.6) is 0 Å². The van der Waals surface area contributed by atoms with Crippen LogP contribution in [-0.2, 0) is 13.6 Å². The summed E-state index contributed by atoms with van der Waals surface area (Å²) in [4.78, 5) is 11.9. The lowest BCUT2D eigenvalue weighted by Gasteiger charge is -2.30. The quantitative estimate of drug-likeness (QED) is 0.793. The van der Waals surface area contributed by atoms with Crippen LogP contribution < -0.4 is 10.2 Å². The van der Waals surface area contributed by atoms with Crippen molar-refractivity contribution in [1.82, 2.24) is 19.7 Å². The number of anilines is 2. The molecule has 1 aromatic carbocycles. The van der Waals surface area contributed by atoms with Gasteiger partial charge in [0.05, 0.1) is 11.6 Å². The van der Waals surface area contributed by atoms with Gasteiger partial charge in [0, 0.05) is 26.7 Å². The van der Waals surface area contributed by atoms with Crippen LogP contribution in [0.1, 0.15) is 25.3 Å². The van der Waals surface area contributed by atoms with E-state index in [-0.39, 0.29) is 0 Å². The van der Waals surface area contributed by atoms with Gasteiger partial charge in [0.1, 0.15) is 5.82 Å². The van der Waals surface area contributed by atoms with Gasteiger partial charge in [-0.05, 0) is 24.3 Å². The first-order valence-electron chi connectivity index (χ1n) is 8.93. The van der Waals surface area contributed by atoms with Crippen LogP contribution in [0, 0.1) is 5.92 Å². The average molecular weight is 336 g/mol. The predicted molar refractivity (Wildman–Crippen MR) is 101 cm³/mol. The molecule has 6 heteroatoms. The second-order valence-corrected chi connectivity index (χ2v) is 6.89. The van der Waals surface area contributed by atoms with Crippen LogP contribution in [0.15, 0.2) is 36.5 Å². The summed E-state index contributed by atoms with van der Waals surface area (Å²) in [5, 5.41) is 8.81. The Kier molecular flexibility index (Phi) is 4.26. The zero-order valence-electron chi connectivity index (χ0n) is 14.8. The van der Waals surface area contributed by atoms with Gasteiger partial charge in [0.25, 0.3) is 0 Å². The van der Waals surface area contributed by atoms with Crippen LogP contribution in [0.25, 0.3) is 11.0 Å². The Morgan fingerprint density at radius 1 is 1.12 bits per heavy atom. The summed E-state index contributed by atoms with van der Waals surface area (Å²) in [6.07, 6.45) is 4.23. The number of nitrogens with one attached hydrogen (secondary N) is 1. The minimum absolute atomic E-state index is 0.734. The number of nitrogens with zero attached hydrogens (tertiary/aromatic N) is 5. The van der Waals surface area contributed by atoms with Gasteiger partial charge >= 0.3 is 0 Å². The summed E-state index contributed by atoms with van der Waals surface area (Å²) in [5.74, 6) is 2.45. The summed E-state index contributed by atoms with van der Waals surface area (Å²) in [5.41, 5.74) is 2.10. The lowest BCUT2D eigenvalue weighted by molar-refractivity contribution is 0.434. The molecule has 130 valence electrons. The van der Waals surface area contributed by atoms with Crippen molar-refractivity contribution in [2.24, 2.45) is 13.0 Å². The minimum atomic E-state index is 0.734. The molecule has 1 fully saturated rings. The highest BCUT2D eigenvalue weighted by Gasteiger charge is 2.20. The van der Waals surface area contributed by atoms with Gasteiger partial charge in [-0.1, -0.05) is 37.3 Å². The Hall–Kier alpha value is -2.63. The second kappa shape index (κ2) is 6.70. The van der Waals surface area contributed by atoms with Crippen molar-refractivity contribution >= 4 is 22.8 Å². The Balaban J connectivity index is 1.64. The van der Waals surface area contributed by atoms with Crippen molar-refractivity contribution in [2.45, 2.75) is 26.3 Å². The van der Waals surface area contributed by atoms with Gasteiger partial charge in [0.15, 0.2) is 5.65 Å². The van der Waals surface area contributed by atoms with Crippen molar-refractivity contribution < 1.29 is 0 Å². The second-order valence-electron chi connectivity index (χ2n) is 6.89. The smallest absolute Gasteiger partial charge is 0.229 e. The van der Waals surface area contributed by atoms with Gasteiger partial charge in [-0.15, -0.1) is 0 Å². The SMILES string of the molecule is CC1CCN(c2nc(NCc3ccccc3)c3cnn(C)c3n2)CC1. The van der Waals surface area contributed by atoms with Crippen LogP contribution >= 0.6 is 0 Å². The fraction of sp³-hybridized carbons (Fsp3) is 0.421. The molecule has 0 spiro atoms. The van der Waals surface area contributed by atoms with E-state index in [9.17, 15) is 0 Å². The molecular weight excluding hydrogens is 312 g/mol. The maximum atomic E-state index is 4.83. The van der Waals surface area contributed by atoms with Crippen molar-refractivity contribution in [3.63, 3.8) is 0 Å². The minimum Gasteiger partial charge on any atom is -0.365 e. The molecule has 0 atom stereocenters. The number of benzene rings is 1. The Morgan fingerprint density at radius 3 is 2.64 bits per heavy atom. The zero-order valence-corrected chi connectivity index (χ0v) is 14.8. The largest absolute Gasteiger partial charge is 0.365 e. The summed E-state index contributed by atoms with van der Waals surface area (Å²) < 4.78 is 1.82. The molecule has 3 heterocycles. The Morgan fingerprint density at radius 2 is 1.88 bits per heavy atom. The van der Waals surface area contributed by atoms with E-state index in [0.717, 1.165) is 48.4 Å². The van der Waals surface area contributed by atoms with Crippen molar-refractivity contribution in [1.29, 1.82) is 0 Å². The number of aromatic nitrogens is 4. The number of hydrogen-bond acceptors (Lipinski definition) is 5. The van der Waals surface area contributed by atoms with Crippen LogP contribution in [0.2, 0.25) is 0 Å². The van der Waals surface area contributed by atoms with E-state index in [0.29, 0.717) is 0 Å². The van der Waals surface area contributed by atoms with Gasteiger partial charge in [-0.2, -0.15) is 15.1 Å². The van der Waals surface area contributed by atoms with Crippen molar-refractivity contribution in [2.75, 3.05) is 23.3 Å². The third kappa shape index (κ3) is 3.29. The van der Waals surface area contributed by atoms with Gasteiger partial charge in [0.2, 0.25) is 5.95 Å². The molecule has 6 nitrogen and oxygen atoms in total. The van der Waals surface area contributed by atoms with E-state index in [4.69, 9.17) is 9.97 Å². The molecular formula is C19H24N6. The number of rotatable bonds is 4. The summed E-state index contributed by atoms with van der Waals surface area (Å²) in [6, 6.07) is 10.4. The first kappa shape index (κ1) is 15.9. The Labute approximate surface area is 147 Å². The Bertz CT molecular complexity index is 849. The summed E-state index contributed by atoms with van der Waals surface area (Å²) in [7, 11) is 1.93. The normalized spacial score (nSPS) is 15.7. The third-order valence-corrected chi connectivity index (χ3v) is 4.95. The molecule has 0 unspecified atom stereocenters. The van der Waals surface area contributed by atoms with Crippen molar-refractivity contribution in [3.05, 3.63) is 42.1 Å². The molecule has 0 aliphatic carbocycles. The van der Waals surface area contributed by atoms with Crippen LogP contribution in [0.4, 0.5) is 11.8 Å². The molecule has 1 saturated heterocycles. The molecule has 1 aliphatic heterocycles. The summed E-state index contributed by atoms with van der Waals surface area (Å²) in [6.45, 7) is 5.08. The maximum Gasteiger partial charge on any atom is 0.229 e. The molecule has 1 N–H and O–H groups in total. The van der Waals surface area contributed by atoms with Crippen LogP contribution in [-0.4, -0.2) is 32.8 Å². The molecule has 25 heavy (non-hydrogen) atoms. The lowest BCUT2D eigenvalue weighted by atomic mass is 10.00. The number of aryl methyl sites for hydroxylation is 1. The molecule has 1 aliphatic rings. The topological polar surface area (TPSA) is 58.9 Å². The standard InChI is InChI=1S/C19H24N6/c1-14-8-10-25(11-9-14)19-22-17(16-13-21-24(2)18(16)23-19)20-12-15-6-4-3-5-7-15/h3-7,13-14H,8-12H2,1-2H3,(H,20,22,23). The highest BCUT2D eigenvalue weighted by molar-refractivity contribution is 5.87. The predicted octanol–water partition coefficient (Wildman–Crippen LogP) is 3.21. The van der Waals surface area contributed by atoms with E-state index in [2.05, 4.69) is 46.5 Å². The molecule has 0 radical (unpaired) electrons. The van der Waals surface area contributed by atoms with Gasteiger partial charge in [-0.25, -0.2) is 0 Å².